The quantitative estimate of drug-likeness (QED) is 0.404. The minimum Gasteiger partial charge on any atom is -0.353 e. The van der Waals surface area contributed by atoms with E-state index in [1.54, 1.807) is 45.9 Å². The van der Waals surface area contributed by atoms with E-state index in [2.05, 4.69) is 20.2 Å². The zero-order valence-corrected chi connectivity index (χ0v) is 19.9. The van der Waals surface area contributed by atoms with Crippen molar-refractivity contribution in [2.75, 3.05) is 36.0 Å². The fourth-order valence-corrected chi connectivity index (χ4v) is 5.21. The SMILES string of the molecule is Fc1cccc(C2CCCN2c2ccc3ncc(-c4cccc(N5CCNC(C(F)(F)F)C5)n4)n3n2)c1. The molecule has 192 valence electrons. The number of rotatable bonds is 4. The summed E-state index contributed by atoms with van der Waals surface area (Å²) in [5.41, 5.74) is 2.75. The Bertz CT molecular complexity index is 1420. The van der Waals surface area contributed by atoms with Crippen LogP contribution in [0.25, 0.3) is 17.0 Å². The van der Waals surface area contributed by atoms with Crippen LogP contribution in [0.4, 0.5) is 29.2 Å². The second kappa shape index (κ2) is 9.29. The lowest BCUT2D eigenvalue weighted by Crippen LogP contribution is -2.57. The number of pyridine rings is 1. The maximum Gasteiger partial charge on any atom is 0.405 e. The molecule has 3 aromatic heterocycles. The second-order valence-electron chi connectivity index (χ2n) is 9.39. The minimum absolute atomic E-state index is 0.0170. The summed E-state index contributed by atoms with van der Waals surface area (Å²) in [7, 11) is 0. The molecule has 37 heavy (non-hydrogen) atoms. The van der Waals surface area contributed by atoms with Gasteiger partial charge in [0.2, 0.25) is 0 Å². The van der Waals surface area contributed by atoms with Gasteiger partial charge in [0.15, 0.2) is 5.65 Å². The number of piperazine rings is 1. The van der Waals surface area contributed by atoms with Gasteiger partial charge in [-0.3, -0.25) is 0 Å². The fourth-order valence-electron chi connectivity index (χ4n) is 5.21. The van der Waals surface area contributed by atoms with Crippen LogP contribution in [0.5, 0.6) is 0 Å². The maximum atomic E-state index is 13.9. The molecule has 2 atom stereocenters. The summed E-state index contributed by atoms with van der Waals surface area (Å²) in [5, 5.41) is 7.38. The molecule has 7 nitrogen and oxygen atoms in total. The van der Waals surface area contributed by atoms with E-state index >= 15 is 0 Å². The Hall–Kier alpha value is -3.73. The number of imidazole rings is 1. The Kier molecular flexibility index (Phi) is 5.94. The number of fused-ring (bicyclic) bond motifs is 1. The van der Waals surface area contributed by atoms with Crippen molar-refractivity contribution < 1.29 is 17.6 Å². The zero-order valence-electron chi connectivity index (χ0n) is 19.9. The Morgan fingerprint density at radius 1 is 0.973 bits per heavy atom. The van der Waals surface area contributed by atoms with Crippen LogP contribution in [-0.4, -0.2) is 58.0 Å². The third kappa shape index (κ3) is 4.59. The van der Waals surface area contributed by atoms with Gasteiger partial charge in [-0.15, -0.1) is 5.10 Å². The maximum absolute atomic E-state index is 13.9. The van der Waals surface area contributed by atoms with Crippen molar-refractivity contribution in [2.24, 2.45) is 0 Å². The predicted molar refractivity (Wildman–Crippen MR) is 132 cm³/mol. The number of halogens is 4. The van der Waals surface area contributed by atoms with E-state index < -0.39 is 12.2 Å². The van der Waals surface area contributed by atoms with Crippen LogP contribution in [0.15, 0.2) is 60.8 Å². The monoisotopic (exact) mass is 511 g/mol. The van der Waals surface area contributed by atoms with Gasteiger partial charge in [-0.05, 0) is 54.8 Å². The number of nitrogens with zero attached hydrogens (tertiary/aromatic N) is 6. The molecule has 2 aliphatic rings. The van der Waals surface area contributed by atoms with Crippen LogP contribution in [0.2, 0.25) is 0 Å². The van der Waals surface area contributed by atoms with Gasteiger partial charge in [-0.1, -0.05) is 18.2 Å². The van der Waals surface area contributed by atoms with Gasteiger partial charge in [0, 0.05) is 26.2 Å². The number of nitrogens with one attached hydrogen (secondary N) is 1. The zero-order chi connectivity index (χ0) is 25.6. The minimum atomic E-state index is -4.32. The first-order chi connectivity index (χ1) is 17.9. The molecular weight excluding hydrogens is 486 g/mol. The molecule has 11 heteroatoms. The lowest BCUT2D eigenvalue weighted by Gasteiger charge is -2.35. The van der Waals surface area contributed by atoms with E-state index in [0.29, 0.717) is 29.4 Å². The summed E-state index contributed by atoms with van der Waals surface area (Å²) in [6.07, 6.45) is -0.794. The topological polar surface area (TPSA) is 61.6 Å². The van der Waals surface area contributed by atoms with Gasteiger partial charge in [0.05, 0.1) is 17.9 Å². The second-order valence-corrected chi connectivity index (χ2v) is 9.39. The van der Waals surface area contributed by atoms with Crippen molar-refractivity contribution in [2.45, 2.75) is 31.1 Å². The van der Waals surface area contributed by atoms with Crippen molar-refractivity contribution in [3.63, 3.8) is 0 Å². The predicted octanol–water partition coefficient (Wildman–Crippen LogP) is 4.61. The molecule has 2 fully saturated rings. The van der Waals surface area contributed by atoms with Gasteiger partial charge >= 0.3 is 6.18 Å². The summed E-state index contributed by atoms with van der Waals surface area (Å²) in [4.78, 5) is 13.0. The molecule has 0 bridgehead atoms. The summed E-state index contributed by atoms with van der Waals surface area (Å²) in [6, 6.07) is 14.2. The highest BCUT2D eigenvalue weighted by molar-refractivity contribution is 5.62. The van der Waals surface area contributed by atoms with Crippen molar-refractivity contribution >= 4 is 17.3 Å². The third-order valence-electron chi connectivity index (χ3n) is 7.02. The van der Waals surface area contributed by atoms with Crippen molar-refractivity contribution in [3.8, 4) is 11.4 Å². The average Bonchev–Trinajstić information content (AvgIpc) is 3.56. The number of hydrogen-bond acceptors (Lipinski definition) is 6. The van der Waals surface area contributed by atoms with E-state index in [1.165, 1.54) is 6.07 Å². The first-order valence-electron chi connectivity index (χ1n) is 12.3. The van der Waals surface area contributed by atoms with E-state index in [1.807, 2.05) is 18.2 Å². The molecule has 4 aromatic rings. The molecule has 1 aromatic carbocycles. The van der Waals surface area contributed by atoms with Gasteiger partial charge in [-0.2, -0.15) is 13.2 Å². The molecular formula is C26H25F4N7. The Labute approximate surface area is 210 Å². The van der Waals surface area contributed by atoms with Crippen molar-refractivity contribution in [3.05, 3.63) is 72.2 Å². The van der Waals surface area contributed by atoms with Crippen LogP contribution < -0.4 is 15.1 Å². The first-order valence-corrected chi connectivity index (χ1v) is 12.3. The Balaban J connectivity index is 1.32. The summed E-state index contributed by atoms with van der Waals surface area (Å²) in [5.74, 6) is 0.955. The molecule has 0 spiro atoms. The molecule has 5 heterocycles. The van der Waals surface area contributed by atoms with Gasteiger partial charge < -0.3 is 15.1 Å². The van der Waals surface area contributed by atoms with Crippen LogP contribution in [0, 0.1) is 5.82 Å². The fraction of sp³-hybridized carbons (Fsp3) is 0.346. The summed E-state index contributed by atoms with van der Waals surface area (Å²) >= 11 is 0. The van der Waals surface area contributed by atoms with Crippen molar-refractivity contribution in [1.29, 1.82) is 0 Å². The highest BCUT2D eigenvalue weighted by atomic mass is 19.4. The Morgan fingerprint density at radius 2 is 1.84 bits per heavy atom. The van der Waals surface area contributed by atoms with E-state index in [4.69, 9.17) is 5.10 Å². The third-order valence-corrected chi connectivity index (χ3v) is 7.02. The molecule has 6 rings (SSSR count). The molecule has 2 unspecified atom stereocenters. The first kappa shape index (κ1) is 23.7. The van der Waals surface area contributed by atoms with E-state index in [9.17, 15) is 17.6 Å². The standard InChI is InChI=1S/C26H25F4N7/c27-18-5-1-4-17(14-18)20-7-3-12-36(20)25-10-9-23-32-15-21(37(23)34-25)19-6-2-8-24(33-19)35-13-11-31-22(16-35)26(28,29)30/h1-2,4-6,8-10,14-15,20,22,31H,3,7,11-13,16H2. The average molecular weight is 512 g/mol. The van der Waals surface area contributed by atoms with Gasteiger partial charge in [0.25, 0.3) is 0 Å². The Morgan fingerprint density at radius 3 is 2.68 bits per heavy atom. The molecule has 0 aliphatic carbocycles. The van der Waals surface area contributed by atoms with E-state index in [0.717, 1.165) is 30.8 Å². The molecule has 0 radical (unpaired) electrons. The highest BCUT2D eigenvalue weighted by Crippen LogP contribution is 2.36. The van der Waals surface area contributed by atoms with Gasteiger partial charge in [-0.25, -0.2) is 18.9 Å². The number of benzene rings is 1. The number of aromatic nitrogens is 4. The normalized spacial score (nSPS) is 20.6. The molecule has 1 N–H and O–H groups in total. The number of hydrogen-bond donors (Lipinski definition) is 1. The van der Waals surface area contributed by atoms with Crippen LogP contribution in [0.3, 0.4) is 0 Å². The number of alkyl halides is 3. The smallest absolute Gasteiger partial charge is 0.353 e. The molecule has 0 amide bonds. The largest absolute Gasteiger partial charge is 0.405 e. The van der Waals surface area contributed by atoms with E-state index in [-0.39, 0.29) is 24.9 Å². The van der Waals surface area contributed by atoms with Crippen LogP contribution in [-0.2, 0) is 0 Å². The lowest BCUT2D eigenvalue weighted by molar-refractivity contribution is -0.155. The van der Waals surface area contributed by atoms with Crippen molar-refractivity contribution in [1.82, 2.24) is 24.9 Å². The summed E-state index contributed by atoms with van der Waals surface area (Å²) in [6.45, 7) is 1.24. The summed E-state index contributed by atoms with van der Waals surface area (Å²) < 4.78 is 55.4. The lowest BCUT2D eigenvalue weighted by atomic mass is 10.0. The van der Waals surface area contributed by atoms with Gasteiger partial charge in [0.1, 0.15) is 29.2 Å². The van der Waals surface area contributed by atoms with Crippen LogP contribution >= 0.6 is 0 Å². The highest BCUT2D eigenvalue weighted by Gasteiger charge is 2.42. The van der Waals surface area contributed by atoms with Crippen LogP contribution in [0.1, 0.15) is 24.4 Å². The number of anilines is 2. The molecule has 2 saturated heterocycles. The molecule has 0 saturated carbocycles. The molecule has 2 aliphatic heterocycles.